The molecule has 1 unspecified atom stereocenters. The van der Waals surface area contributed by atoms with Gasteiger partial charge in [0.2, 0.25) is 5.91 Å². The van der Waals surface area contributed by atoms with Gasteiger partial charge in [-0.05, 0) is 19.0 Å². The second kappa shape index (κ2) is 8.88. The van der Waals surface area contributed by atoms with E-state index in [2.05, 4.69) is 17.0 Å². The maximum Gasteiger partial charge on any atom is 0.224 e. The first-order valence-corrected chi connectivity index (χ1v) is 7.94. The van der Waals surface area contributed by atoms with Gasteiger partial charge in [-0.2, -0.15) is 0 Å². The minimum Gasteiger partial charge on any atom is -0.396 e. The first-order valence-electron chi connectivity index (χ1n) is 7.94. The smallest absolute Gasteiger partial charge is 0.224 e. The van der Waals surface area contributed by atoms with Crippen LogP contribution in [-0.2, 0) is 9.53 Å². The first-order chi connectivity index (χ1) is 10.7. The van der Waals surface area contributed by atoms with Crippen LogP contribution in [0.5, 0.6) is 0 Å². The summed E-state index contributed by atoms with van der Waals surface area (Å²) in [4.78, 5) is 16.2. The standard InChI is InChI=1S/C17H26N2O3/c1-18(9-7-17(21)19-10-13-22-14-11-19)16(8-12-20)15-5-3-2-4-6-15/h2-6,16,20H,7-14H2,1H3. The summed E-state index contributed by atoms with van der Waals surface area (Å²) in [6, 6.07) is 10.3. The lowest BCUT2D eigenvalue weighted by molar-refractivity contribution is -0.135. The van der Waals surface area contributed by atoms with E-state index in [0.29, 0.717) is 45.7 Å². The van der Waals surface area contributed by atoms with Gasteiger partial charge in [0.15, 0.2) is 0 Å². The Labute approximate surface area is 132 Å². The monoisotopic (exact) mass is 306 g/mol. The van der Waals surface area contributed by atoms with Crippen molar-refractivity contribution in [1.29, 1.82) is 0 Å². The van der Waals surface area contributed by atoms with Gasteiger partial charge < -0.3 is 14.7 Å². The number of rotatable bonds is 7. The molecule has 1 amide bonds. The van der Waals surface area contributed by atoms with Crippen LogP contribution in [0.2, 0.25) is 0 Å². The fraction of sp³-hybridized carbons (Fsp3) is 0.588. The molecule has 0 saturated carbocycles. The molecule has 5 heteroatoms. The third-order valence-corrected chi connectivity index (χ3v) is 4.16. The summed E-state index contributed by atoms with van der Waals surface area (Å²) in [5.74, 6) is 0.186. The summed E-state index contributed by atoms with van der Waals surface area (Å²) in [6.45, 7) is 3.50. The number of ether oxygens (including phenoxy) is 1. The molecule has 22 heavy (non-hydrogen) atoms. The third-order valence-electron chi connectivity index (χ3n) is 4.16. The van der Waals surface area contributed by atoms with Gasteiger partial charge >= 0.3 is 0 Å². The lowest BCUT2D eigenvalue weighted by atomic mass is 10.0. The van der Waals surface area contributed by atoms with Gasteiger partial charge in [0.05, 0.1) is 13.2 Å². The fourth-order valence-electron chi connectivity index (χ4n) is 2.84. The molecule has 1 heterocycles. The van der Waals surface area contributed by atoms with Crippen molar-refractivity contribution in [3.63, 3.8) is 0 Å². The van der Waals surface area contributed by atoms with Gasteiger partial charge in [-0.3, -0.25) is 9.69 Å². The summed E-state index contributed by atoms with van der Waals surface area (Å²) < 4.78 is 5.27. The number of benzene rings is 1. The topological polar surface area (TPSA) is 53.0 Å². The van der Waals surface area contributed by atoms with Crippen LogP contribution in [0.15, 0.2) is 30.3 Å². The lowest BCUT2D eigenvalue weighted by Gasteiger charge is -2.30. The molecule has 1 aliphatic rings. The highest BCUT2D eigenvalue weighted by molar-refractivity contribution is 5.76. The molecule has 0 radical (unpaired) electrons. The number of amides is 1. The minimum atomic E-state index is 0.140. The average molecular weight is 306 g/mol. The molecule has 1 atom stereocenters. The normalized spacial score (nSPS) is 16.8. The van der Waals surface area contributed by atoms with E-state index in [0.717, 1.165) is 0 Å². The van der Waals surface area contributed by atoms with E-state index in [4.69, 9.17) is 4.74 Å². The molecule has 1 saturated heterocycles. The molecular weight excluding hydrogens is 280 g/mol. The van der Waals surface area contributed by atoms with Gasteiger partial charge in [0, 0.05) is 38.7 Å². The van der Waals surface area contributed by atoms with Crippen LogP contribution in [0.25, 0.3) is 0 Å². The van der Waals surface area contributed by atoms with Gasteiger partial charge in [-0.1, -0.05) is 30.3 Å². The Kier molecular flexibility index (Phi) is 6.83. The summed E-state index contributed by atoms with van der Waals surface area (Å²) >= 11 is 0. The van der Waals surface area contributed by atoms with E-state index < -0.39 is 0 Å². The quantitative estimate of drug-likeness (QED) is 0.825. The van der Waals surface area contributed by atoms with Crippen LogP contribution in [0.3, 0.4) is 0 Å². The number of morpholine rings is 1. The Bertz CT molecular complexity index is 446. The van der Waals surface area contributed by atoms with Crippen molar-refractivity contribution in [1.82, 2.24) is 9.80 Å². The van der Waals surface area contributed by atoms with Gasteiger partial charge in [0.25, 0.3) is 0 Å². The SMILES string of the molecule is CN(CCC(=O)N1CCOCC1)C(CCO)c1ccccc1. The molecule has 0 spiro atoms. The molecule has 1 fully saturated rings. The van der Waals surface area contributed by atoms with Crippen molar-refractivity contribution in [2.75, 3.05) is 46.5 Å². The Morgan fingerprint density at radius 3 is 2.64 bits per heavy atom. The van der Waals surface area contributed by atoms with Crippen molar-refractivity contribution in [3.05, 3.63) is 35.9 Å². The molecule has 2 rings (SSSR count). The van der Waals surface area contributed by atoms with Crippen LogP contribution in [0.1, 0.15) is 24.4 Å². The summed E-state index contributed by atoms with van der Waals surface area (Å²) in [6.07, 6.45) is 1.18. The molecule has 0 aromatic heterocycles. The second-order valence-electron chi connectivity index (χ2n) is 5.66. The number of carbonyl (C=O) groups is 1. The zero-order chi connectivity index (χ0) is 15.8. The van der Waals surface area contributed by atoms with Crippen molar-refractivity contribution < 1.29 is 14.6 Å². The molecular formula is C17H26N2O3. The Morgan fingerprint density at radius 1 is 1.32 bits per heavy atom. The van der Waals surface area contributed by atoms with Crippen molar-refractivity contribution in [3.8, 4) is 0 Å². The number of hydrogen-bond acceptors (Lipinski definition) is 4. The van der Waals surface area contributed by atoms with Gasteiger partial charge in [-0.25, -0.2) is 0 Å². The van der Waals surface area contributed by atoms with E-state index in [1.807, 2.05) is 30.1 Å². The van der Waals surface area contributed by atoms with Crippen LogP contribution in [-0.4, -0.2) is 67.3 Å². The lowest BCUT2D eigenvalue weighted by Crippen LogP contribution is -2.42. The number of aliphatic hydroxyl groups excluding tert-OH is 1. The van der Waals surface area contributed by atoms with Crippen LogP contribution < -0.4 is 0 Å². The predicted octanol–water partition coefficient (Wildman–Crippen LogP) is 1.29. The minimum absolute atomic E-state index is 0.140. The largest absolute Gasteiger partial charge is 0.396 e. The van der Waals surface area contributed by atoms with E-state index in [-0.39, 0.29) is 18.6 Å². The van der Waals surface area contributed by atoms with Gasteiger partial charge in [-0.15, -0.1) is 0 Å². The van der Waals surface area contributed by atoms with Crippen LogP contribution in [0, 0.1) is 0 Å². The number of nitrogens with zero attached hydrogens (tertiary/aromatic N) is 2. The first kappa shape index (κ1) is 16.9. The van der Waals surface area contributed by atoms with Crippen molar-refractivity contribution in [2.24, 2.45) is 0 Å². The molecule has 122 valence electrons. The second-order valence-corrected chi connectivity index (χ2v) is 5.66. The molecule has 1 aromatic rings. The maximum absolute atomic E-state index is 12.2. The molecule has 5 nitrogen and oxygen atoms in total. The third kappa shape index (κ3) is 4.80. The summed E-state index contributed by atoms with van der Waals surface area (Å²) in [5, 5.41) is 9.31. The van der Waals surface area contributed by atoms with Crippen molar-refractivity contribution in [2.45, 2.75) is 18.9 Å². The van der Waals surface area contributed by atoms with Gasteiger partial charge in [0.1, 0.15) is 0 Å². The molecule has 0 bridgehead atoms. The highest BCUT2D eigenvalue weighted by Gasteiger charge is 2.20. The zero-order valence-corrected chi connectivity index (χ0v) is 13.3. The highest BCUT2D eigenvalue weighted by Crippen LogP contribution is 2.22. The van der Waals surface area contributed by atoms with Crippen LogP contribution in [0.4, 0.5) is 0 Å². The van der Waals surface area contributed by atoms with E-state index in [1.165, 1.54) is 5.56 Å². The number of carbonyl (C=O) groups excluding carboxylic acids is 1. The molecule has 1 aliphatic heterocycles. The number of aliphatic hydroxyl groups is 1. The fourth-order valence-corrected chi connectivity index (χ4v) is 2.84. The molecule has 1 N–H and O–H groups in total. The van der Waals surface area contributed by atoms with Crippen molar-refractivity contribution >= 4 is 5.91 Å². The average Bonchev–Trinajstić information content (AvgIpc) is 2.58. The molecule has 1 aromatic carbocycles. The summed E-state index contributed by atoms with van der Waals surface area (Å²) in [7, 11) is 2.01. The highest BCUT2D eigenvalue weighted by atomic mass is 16.5. The van der Waals surface area contributed by atoms with E-state index in [9.17, 15) is 9.90 Å². The Balaban J connectivity index is 1.88. The van der Waals surface area contributed by atoms with Crippen LogP contribution >= 0.6 is 0 Å². The molecule has 0 aliphatic carbocycles. The Morgan fingerprint density at radius 2 is 2.00 bits per heavy atom. The van der Waals surface area contributed by atoms with E-state index in [1.54, 1.807) is 0 Å². The zero-order valence-electron chi connectivity index (χ0n) is 13.3. The number of hydrogen-bond donors (Lipinski definition) is 1. The maximum atomic E-state index is 12.2. The van der Waals surface area contributed by atoms with E-state index >= 15 is 0 Å². The Hall–Kier alpha value is -1.43. The summed E-state index contributed by atoms with van der Waals surface area (Å²) in [5.41, 5.74) is 1.18. The predicted molar refractivity (Wildman–Crippen MR) is 85.5 cm³/mol.